The molecule has 0 saturated heterocycles. The summed E-state index contributed by atoms with van der Waals surface area (Å²) in [6.07, 6.45) is 13.8. The van der Waals surface area contributed by atoms with Gasteiger partial charge in [-0.25, -0.2) is 15.0 Å². The lowest BCUT2D eigenvalue weighted by atomic mass is 9.95. The van der Waals surface area contributed by atoms with Crippen molar-refractivity contribution in [2.45, 2.75) is 70.4 Å². The van der Waals surface area contributed by atoms with Gasteiger partial charge in [0.25, 0.3) is 5.91 Å². The van der Waals surface area contributed by atoms with E-state index in [9.17, 15) is 9.90 Å². The normalized spacial score (nSPS) is 15.9. The lowest BCUT2D eigenvalue weighted by molar-refractivity contribution is 0.0793. The van der Waals surface area contributed by atoms with Crippen molar-refractivity contribution < 1.29 is 14.3 Å². The average molecular weight is 592 g/mol. The minimum absolute atomic E-state index is 0.224. The number of amides is 1. The first-order valence-corrected chi connectivity index (χ1v) is 15.5. The second-order valence-corrected chi connectivity index (χ2v) is 12.6. The molecular formula is C34H37N7O3. The van der Waals surface area contributed by atoms with Gasteiger partial charge in [0, 0.05) is 41.1 Å². The average Bonchev–Trinajstić information content (AvgIpc) is 3.55. The number of carbonyl (C=O) groups excluding carboxylic acids is 1. The highest BCUT2D eigenvalue weighted by atomic mass is 16.3. The third kappa shape index (κ3) is 6.07. The largest absolute Gasteiger partial charge is 0.444 e. The number of hydrogen-bond acceptors (Lipinski definition) is 8. The molecule has 0 bridgehead atoms. The van der Waals surface area contributed by atoms with Crippen LogP contribution in [0.3, 0.4) is 0 Å². The van der Waals surface area contributed by atoms with Crippen molar-refractivity contribution in [3.8, 4) is 22.8 Å². The number of aliphatic hydroxyl groups is 1. The molecule has 3 N–H and O–H groups in total. The second kappa shape index (κ2) is 11.5. The van der Waals surface area contributed by atoms with E-state index in [-0.39, 0.29) is 11.6 Å². The Morgan fingerprint density at radius 1 is 1.05 bits per heavy atom. The Balaban J connectivity index is 1.12. The number of fused-ring (bicyclic) bond motifs is 1. The molecule has 10 heteroatoms. The molecule has 4 heterocycles. The van der Waals surface area contributed by atoms with Crippen LogP contribution in [0.5, 0.6) is 0 Å². The van der Waals surface area contributed by atoms with Crippen LogP contribution in [0.2, 0.25) is 0 Å². The Morgan fingerprint density at radius 2 is 1.89 bits per heavy atom. The molecule has 0 unspecified atom stereocenters. The number of anilines is 2. The highest BCUT2D eigenvalue weighted by Crippen LogP contribution is 2.35. The first kappa shape index (κ1) is 28.2. The van der Waals surface area contributed by atoms with Gasteiger partial charge in [0.15, 0.2) is 0 Å². The van der Waals surface area contributed by atoms with Crippen LogP contribution in [0, 0.1) is 5.92 Å². The maximum absolute atomic E-state index is 13.5. The summed E-state index contributed by atoms with van der Waals surface area (Å²) in [7, 11) is 0. The molecule has 2 aliphatic carbocycles. The molecule has 1 aromatic carbocycles. The Bertz CT molecular complexity index is 1810. The smallest absolute Gasteiger partial charge is 0.274 e. The monoisotopic (exact) mass is 591 g/mol. The number of rotatable bonds is 9. The van der Waals surface area contributed by atoms with Crippen molar-refractivity contribution in [1.29, 1.82) is 0 Å². The predicted molar refractivity (Wildman–Crippen MR) is 169 cm³/mol. The van der Waals surface area contributed by atoms with Crippen LogP contribution in [-0.4, -0.2) is 42.3 Å². The van der Waals surface area contributed by atoms with Gasteiger partial charge in [0.1, 0.15) is 23.5 Å². The van der Waals surface area contributed by atoms with Gasteiger partial charge in [-0.15, -0.1) is 0 Å². The molecule has 0 aliphatic heterocycles. The van der Waals surface area contributed by atoms with E-state index in [0.29, 0.717) is 34.6 Å². The van der Waals surface area contributed by atoms with E-state index in [1.165, 1.54) is 32.1 Å². The first-order valence-electron chi connectivity index (χ1n) is 15.5. The lowest BCUT2D eigenvalue weighted by Crippen LogP contribution is -2.21. The summed E-state index contributed by atoms with van der Waals surface area (Å²) in [6, 6.07) is 13.1. The quantitative estimate of drug-likeness (QED) is 0.168. The Kier molecular flexibility index (Phi) is 7.37. The van der Waals surface area contributed by atoms with Crippen LogP contribution in [0.4, 0.5) is 11.5 Å². The molecule has 2 saturated carbocycles. The van der Waals surface area contributed by atoms with E-state index in [4.69, 9.17) is 9.52 Å². The van der Waals surface area contributed by atoms with Crippen molar-refractivity contribution in [3.63, 3.8) is 0 Å². The zero-order valence-electron chi connectivity index (χ0n) is 25.1. The summed E-state index contributed by atoms with van der Waals surface area (Å²) in [6.45, 7) is 4.33. The fourth-order valence-corrected chi connectivity index (χ4v) is 5.88. The molecular weight excluding hydrogens is 554 g/mol. The fraction of sp³-hybridized carbons (Fsp3) is 0.382. The fourth-order valence-electron chi connectivity index (χ4n) is 5.88. The van der Waals surface area contributed by atoms with Crippen molar-refractivity contribution >= 4 is 28.3 Å². The predicted octanol–water partition coefficient (Wildman–Crippen LogP) is 6.96. The van der Waals surface area contributed by atoms with Gasteiger partial charge >= 0.3 is 0 Å². The van der Waals surface area contributed by atoms with E-state index in [1.54, 1.807) is 44.5 Å². The van der Waals surface area contributed by atoms with Crippen LogP contribution in [0.1, 0.15) is 80.9 Å². The number of nitrogens with zero attached hydrogens (tertiary/aromatic N) is 5. The van der Waals surface area contributed by atoms with Crippen LogP contribution < -0.4 is 10.6 Å². The van der Waals surface area contributed by atoms with Gasteiger partial charge in [-0.3, -0.25) is 9.48 Å². The van der Waals surface area contributed by atoms with Crippen molar-refractivity contribution in [2.75, 3.05) is 17.2 Å². The molecule has 226 valence electrons. The molecule has 1 amide bonds. The maximum Gasteiger partial charge on any atom is 0.274 e. The summed E-state index contributed by atoms with van der Waals surface area (Å²) >= 11 is 0. The molecule has 0 atom stereocenters. The van der Waals surface area contributed by atoms with Gasteiger partial charge < -0.3 is 20.2 Å². The summed E-state index contributed by atoms with van der Waals surface area (Å²) in [4.78, 5) is 27.2. The number of pyridine rings is 2. The van der Waals surface area contributed by atoms with Crippen LogP contribution >= 0.6 is 0 Å². The Hall–Kier alpha value is -4.57. The Morgan fingerprint density at radius 3 is 2.68 bits per heavy atom. The molecule has 2 fully saturated rings. The summed E-state index contributed by atoms with van der Waals surface area (Å²) in [5, 5.41) is 23.1. The SMILES string of the molecule is CC(C)(O)c1cc2nn(C3CCCCC3)cc2cc1NC(=O)c1cccc(-c2coc(-c3ccnc(NCC4CC4)c3)n2)n1. The van der Waals surface area contributed by atoms with E-state index in [1.807, 2.05) is 30.5 Å². The van der Waals surface area contributed by atoms with E-state index < -0.39 is 5.60 Å². The minimum atomic E-state index is -1.20. The topological polar surface area (TPSA) is 131 Å². The third-order valence-electron chi connectivity index (χ3n) is 8.54. The zero-order valence-corrected chi connectivity index (χ0v) is 25.1. The molecule has 0 radical (unpaired) electrons. The third-order valence-corrected chi connectivity index (χ3v) is 8.54. The lowest BCUT2D eigenvalue weighted by Gasteiger charge is -2.22. The Labute approximate surface area is 255 Å². The van der Waals surface area contributed by atoms with E-state index >= 15 is 0 Å². The standard InChI is InChI=1S/C34H37N7O3/c1-34(2,43)25-17-28-23(19-41(40-28)24-7-4-3-5-8-24)15-29(25)38-32(42)27-10-6-9-26(37-27)30-20-44-33(39-30)22-13-14-35-31(16-22)36-18-21-11-12-21/h6,9-10,13-17,19-21,24,43H,3-5,7-8,11-12,18H2,1-2H3,(H,35,36)(H,38,42). The highest BCUT2D eigenvalue weighted by Gasteiger charge is 2.25. The molecule has 4 aromatic heterocycles. The van der Waals surface area contributed by atoms with Gasteiger partial charge in [-0.2, -0.15) is 5.10 Å². The summed E-state index contributed by atoms with van der Waals surface area (Å²) in [5.74, 6) is 1.58. The molecule has 0 spiro atoms. The molecule has 10 nitrogen and oxygen atoms in total. The molecule has 2 aliphatic rings. The molecule has 44 heavy (non-hydrogen) atoms. The van der Waals surface area contributed by atoms with Gasteiger partial charge in [0.2, 0.25) is 5.89 Å². The van der Waals surface area contributed by atoms with Crippen LogP contribution in [0.15, 0.2) is 65.5 Å². The molecule has 7 rings (SSSR count). The van der Waals surface area contributed by atoms with Gasteiger partial charge in [-0.05, 0) is 81.8 Å². The number of oxazole rings is 1. The van der Waals surface area contributed by atoms with Crippen LogP contribution in [-0.2, 0) is 5.60 Å². The van der Waals surface area contributed by atoms with Crippen LogP contribution in [0.25, 0.3) is 33.7 Å². The maximum atomic E-state index is 13.5. The number of hydrogen-bond donors (Lipinski definition) is 3. The van der Waals surface area contributed by atoms with E-state index in [0.717, 1.165) is 47.6 Å². The number of carbonyl (C=O) groups is 1. The zero-order chi connectivity index (χ0) is 30.3. The first-order chi connectivity index (χ1) is 21.3. The van der Waals surface area contributed by atoms with Crippen molar-refractivity contribution in [2.24, 2.45) is 5.92 Å². The van der Waals surface area contributed by atoms with Gasteiger partial charge in [0.05, 0.1) is 22.9 Å². The molecule has 5 aromatic rings. The number of aromatic nitrogens is 5. The highest BCUT2D eigenvalue weighted by molar-refractivity contribution is 6.04. The summed E-state index contributed by atoms with van der Waals surface area (Å²) in [5.41, 5.74) is 2.78. The minimum Gasteiger partial charge on any atom is -0.444 e. The second-order valence-electron chi connectivity index (χ2n) is 12.6. The van der Waals surface area contributed by atoms with E-state index in [2.05, 4.69) is 30.3 Å². The van der Waals surface area contributed by atoms with Crippen molar-refractivity contribution in [1.82, 2.24) is 24.7 Å². The van der Waals surface area contributed by atoms with Gasteiger partial charge in [-0.1, -0.05) is 25.3 Å². The summed E-state index contributed by atoms with van der Waals surface area (Å²) < 4.78 is 7.84. The van der Waals surface area contributed by atoms with Crippen molar-refractivity contribution in [3.05, 3.63) is 72.4 Å². The number of nitrogens with one attached hydrogen (secondary N) is 2. The number of benzene rings is 1.